The Kier molecular flexibility index (Phi) is 3.53. The van der Waals surface area contributed by atoms with Gasteiger partial charge in [-0.25, -0.2) is 4.98 Å². The van der Waals surface area contributed by atoms with Crippen LogP contribution in [0.4, 0.5) is 0 Å². The normalized spacial score (nSPS) is 10.9. The molecule has 0 saturated carbocycles. The fourth-order valence-electron chi connectivity index (χ4n) is 2.32. The van der Waals surface area contributed by atoms with E-state index in [1.165, 1.54) is 22.4 Å². The molecule has 2 aromatic rings. The Hall–Kier alpha value is -1.61. The third-order valence-corrected chi connectivity index (χ3v) is 3.42. The zero-order valence-corrected chi connectivity index (χ0v) is 11.8. The van der Waals surface area contributed by atoms with E-state index in [2.05, 4.69) is 49.0 Å². The van der Waals surface area contributed by atoms with Crippen LogP contribution in [0.15, 0.2) is 18.2 Å². The molecule has 0 aliphatic heterocycles. The van der Waals surface area contributed by atoms with Crippen molar-refractivity contribution in [1.82, 2.24) is 14.9 Å². The van der Waals surface area contributed by atoms with Gasteiger partial charge in [-0.2, -0.15) is 0 Å². The maximum absolute atomic E-state index is 4.71. The standard InChI is InChI=1S/C15H21N3/c1-10-6-7-13(11(2)8-10)15-14(9-16-4)18(5)12(3)17-15/h6-8,16H,9H2,1-5H3. The molecule has 0 aliphatic carbocycles. The second kappa shape index (κ2) is 4.94. The third kappa shape index (κ3) is 2.18. The van der Waals surface area contributed by atoms with E-state index in [1.54, 1.807) is 0 Å². The lowest BCUT2D eigenvalue weighted by molar-refractivity contribution is 0.722. The molecule has 1 heterocycles. The van der Waals surface area contributed by atoms with E-state index in [0.717, 1.165) is 18.1 Å². The molecule has 0 radical (unpaired) electrons. The molecule has 0 atom stereocenters. The van der Waals surface area contributed by atoms with Crippen molar-refractivity contribution in [1.29, 1.82) is 0 Å². The molecule has 0 unspecified atom stereocenters. The summed E-state index contributed by atoms with van der Waals surface area (Å²) in [6.45, 7) is 7.15. The highest BCUT2D eigenvalue weighted by Gasteiger charge is 2.14. The molecule has 96 valence electrons. The summed E-state index contributed by atoms with van der Waals surface area (Å²) in [6, 6.07) is 6.53. The Morgan fingerprint density at radius 1 is 1.22 bits per heavy atom. The van der Waals surface area contributed by atoms with E-state index in [1.807, 2.05) is 14.0 Å². The number of nitrogens with one attached hydrogen (secondary N) is 1. The van der Waals surface area contributed by atoms with Gasteiger partial charge < -0.3 is 9.88 Å². The number of benzene rings is 1. The van der Waals surface area contributed by atoms with E-state index < -0.39 is 0 Å². The maximum atomic E-state index is 4.71. The average molecular weight is 243 g/mol. The van der Waals surface area contributed by atoms with Crippen molar-refractivity contribution in [2.75, 3.05) is 7.05 Å². The second-order valence-corrected chi connectivity index (χ2v) is 4.86. The molecule has 3 heteroatoms. The minimum Gasteiger partial charge on any atom is -0.334 e. The van der Waals surface area contributed by atoms with Crippen LogP contribution in [0.1, 0.15) is 22.6 Å². The van der Waals surface area contributed by atoms with Crippen LogP contribution in [-0.4, -0.2) is 16.6 Å². The third-order valence-electron chi connectivity index (χ3n) is 3.42. The van der Waals surface area contributed by atoms with Crippen molar-refractivity contribution in [3.8, 4) is 11.3 Å². The van der Waals surface area contributed by atoms with E-state index in [0.29, 0.717) is 0 Å². The lowest BCUT2D eigenvalue weighted by Gasteiger charge is -2.09. The Morgan fingerprint density at radius 3 is 2.56 bits per heavy atom. The SMILES string of the molecule is CNCc1c(-c2ccc(C)cc2C)nc(C)n1C. The molecule has 0 aliphatic rings. The van der Waals surface area contributed by atoms with Crippen LogP contribution in [-0.2, 0) is 13.6 Å². The Morgan fingerprint density at radius 2 is 1.94 bits per heavy atom. The van der Waals surface area contributed by atoms with Crippen molar-refractivity contribution in [3.05, 3.63) is 40.8 Å². The molecule has 0 amide bonds. The van der Waals surface area contributed by atoms with Crippen molar-refractivity contribution in [2.45, 2.75) is 27.3 Å². The Labute approximate surface area is 109 Å². The van der Waals surface area contributed by atoms with Gasteiger partial charge in [-0.15, -0.1) is 0 Å². The summed E-state index contributed by atoms with van der Waals surface area (Å²) in [4.78, 5) is 4.71. The summed E-state index contributed by atoms with van der Waals surface area (Å²) in [7, 11) is 4.04. The van der Waals surface area contributed by atoms with Crippen LogP contribution in [0, 0.1) is 20.8 Å². The molecule has 0 saturated heterocycles. The highest BCUT2D eigenvalue weighted by Crippen LogP contribution is 2.27. The molecule has 1 N–H and O–H groups in total. The number of hydrogen-bond acceptors (Lipinski definition) is 2. The van der Waals surface area contributed by atoms with Gasteiger partial charge >= 0.3 is 0 Å². The minimum absolute atomic E-state index is 0.833. The van der Waals surface area contributed by atoms with E-state index in [4.69, 9.17) is 4.98 Å². The lowest BCUT2D eigenvalue weighted by Crippen LogP contribution is -2.10. The van der Waals surface area contributed by atoms with Gasteiger partial charge in [0.1, 0.15) is 5.82 Å². The molecule has 2 rings (SSSR count). The fraction of sp³-hybridized carbons (Fsp3) is 0.400. The smallest absolute Gasteiger partial charge is 0.106 e. The fourth-order valence-corrected chi connectivity index (χ4v) is 2.32. The maximum Gasteiger partial charge on any atom is 0.106 e. The van der Waals surface area contributed by atoms with Gasteiger partial charge in [0.05, 0.1) is 11.4 Å². The summed E-state index contributed by atoms with van der Waals surface area (Å²) in [5, 5.41) is 3.22. The topological polar surface area (TPSA) is 29.9 Å². The number of aromatic nitrogens is 2. The summed E-state index contributed by atoms with van der Waals surface area (Å²) < 4.78 is 2.16. The van der Waals surface area contributed by atoms with Crippen molar-refractivity contribution < 1.29 is 0 Å². The lowest BCUT2D eigenvalue weighted by atomic mass is 10.0. The summed E-state index contributed by atoms with van der Waals surface area (Å²) in [6.07, 6.45) is 0. The number of nitrogens with zero attached hydrogens (tertiary/aromatic N) is 2. The molecule has 0 bridgehead atoms. The Bertz CT molecular complexity index is 567. The van der Waals surface area contributed by atoms with Gasteiger partial charge in [-0.05, 0) is 33.4 Å². The largest absolute Gasteiger partial charge is 0.334 e. The highest BCUT2D eigenvalue weighted by molar-refractivity contribution is 5.66. The van der Waals surface area contributed by atoms with Crippen LogP contribution in [0.25, 0.3) is 11.3 Å². The number of rotatable bonds is 3. The van der Waals surface area contributed by atoms with Gasteiger partial charge in [-0.3, -0.25) is 0 Å². The van der Waals surface area contributed by atoms with E-state index >= 15 is 0 Å². The first kappa shape index (κ1) is 12.8. The van der Waals surface area contributed by atoms with Crippen LogP contribution in [0.2, 0.25) is 0 Å². The first-order valence-corrected chi connectivity index (χ1v) is 6.29. The van der Waals surface area contributed by atoms with Gasteiger partial charge in [0.15, 0.2) is 0 Å². The van der Waals surface area contributed by atoms with E-state index in [9.17, 15) is 0 Å². The van der Waals surface area contributed by atoms with E-state index in [-0.39, 0.29) is 0 Å². The molecule has 1 aromatic carbocycles. The zero-order valence-electron chi connectivity index (χ0n) is 11.8. The summed E-state index contributed by atoms with van der Waals surface area (Å²) >= 11 is 0. The molecule has 3 nitrogen and oxygen atoms in total. The first-order chi connectivity index (χ1) is 8.54. The van der Waals surface area contributed by atoms with Crippen LogP contribution in [0.5, 0.6) is 0 Å². The van der Waals surface area contributed by atoms with Crippen molar-refractivity contribution in [2.24, 2.45) is 7.05 Å². The van der Waals surface area contributed by atoms with Gasteiger partial charge in [0.25, 0.3) is 0 Å². The molecular weight excluding hydrogens is 222 g/mol. The minimum atomic E-state index is 0.833. The average Bonchev–Trinajstić information content (AvgIpc) is 2.58. The van der Waals surface area contributed by atoms with Crippen molar-refractivity contribution >= 4 is 0 Å². The molecule has 18 heavy (non-hydrogen) atoms. The summed E-state index contributed by atoms with van der Waals surface area (Å²) in [5.41, 5.74) is 6.14. The Balaban J connectivity index is 2.59. The van der Waals surface area contributed by atoms with Crippen LogP contribution < -0.4 is 5.32 Å². The monoisotopic (exact) mass is 243 g/mol. The predicted molar refractivity (Wildman–Crippen MR) is 75.6 cm³/mol. The zero-order chi connectivity index (χ0) is 13.3. The van der Waals surface area contributed by atoms with Crippen LogP contribution in [0.3, 0.4) is 0 Å². The molecule has 1 aromatic heterocycles. The quantitative estimate of drug-likeness (QED) is 0.898. The predicted octanol–water partition coefficient (Wildman–Crippen LogP) is 2.73. The number of aryl methyl sites for hydroxylation is 3. The van der Waals surface area contributed by atoms with Crippen molar-refractivity contribution in [3.63, 3.8) is 0 Å². The van der Waals surface area contributed by atoms with Gasteiger partial charge in [-0.1, -0.05) is 23.8 Å². The summed E-state index contributed by atoms with van der Waals surface area (Å²) in [5.74, 6) is 1.05. The first-order valence-electron chi connectivity index (χ1n) is 6.29. The second-order valence-electron chi connectivity index (χ2n) is 4.86. The molecule has 0 fully saturated rings. The highest BCUT2D eigenvalue weighted by atomic mass is 15.1. The van der Waals surface area contributed by atoms with Gasteiger partial charge in [0, 0.05) is 19.2 Å². The van der Waals surface area contributed by atoms with Crippen LogP contribution >= 0.6 is 0 Å². The molecular formula is C15H21N3. The number of imidazole rings is 1. The molecule has 0 spiro atoms. The number of hydrogen-bond donors (Lipinski definition) is 1. The van der Waals surface area contributed by atoms with Gasteiger partial charge in [0.2, 0.25) is 0 Å².